The van der Waals surface area contributed by atoms with Crippen molar-refractivity contribution in [2.75, 3.05) is 18.4 Å². The van der Waals surface area contributed by atoms with Crippen LogP contribution in [0, 0.1) is 11.3 Å². The summed E-state index contributed by atoms with van der Waals surface area (Å²) in [4.78, 5) is 3.99. The smallest absolute Gasteiger partial charge is 0.214 e. The van der Waals surface area contributed by atoms with E-state index >= 15 is 0 Å². The number of pyridine rings is 1. The zero-order valence-corrected chi connectivity index (χ0v) is 13.4. The molecule has 0 aliphatic carbocycles. The highest BCUT2D eigenvalue weighted by Crippen LogP contribution is 2.18. The summed E-state index contributed by atoms with van der Waals surface area (Å²) in [7, 11) is 0. The minimum absolute atomic E-state index is 0.350. The van der Waals surface area contributed by atoms with E-state index in [-0.39, 0.29) is 0 Å². The zero-order chi connectivity index (χ0) is 15.2. The topological polar surface area (TPSA) is 90.2 Å². The SMILES string of the molecule is CC(C)(C)OC(O)NCCNc1cnc(C#N)c(Br)c1. The highest BCUT2D eigenvalue weighted by atomic mass is 79.9. The molecule has 6 nitrogen and oxygen atoms in total. The third kappa shape index (κ3) is 6.30. The van der Waals surface area contributed by atoms with E-state index in [9.17, 15) is 5.11 Å². The van der Waals surface area contributed by atoms with Gasteiger partial charge in [-0.05, 0) is 42.8 Å². The lowest BCUT2D eigenvalue weighted by molar-refractivity contribution is -0.180. The van der Waals surface area contributed by atoms with E-state index in [1.807, 2.05) is 26.8 Å². The maximum atomic E-state index is 9.58. The first-order chi connectivity index (χ1) is 9.31. The van der Waals surface area contributed by atoms with Crippen molar-refractivity contribution in [3.05, 3.63) is 22.4 Å². The first-order valence-corrected chi connectivity index (χ1v) is 7.00. The second-order valence-corrected chi connectivity index (χ2v) is 5.98. The molecule has 0 fully saturated rings. The molecule has 1 rings (SSSR count). The van der Waals surface area contributed by atoms with Gasteiger partial charge in [-0.15, -0.1) is 0 Å². The number of anilines is 1. The molecule has 0 aliphatic heterocycles. The second kappa shape index (κ2) is 7.55. The summed E-state index contributed by atoms with van der Waals surface area (Å²) in [5, 5.41) is 24.3. The molecule has 0 aliphatic rings. The molecule has 1 aromatic rings. The highest BCUT2D eigenvalue weighted by molar-refractivity contribution is 9.10. The number of rotatable bonds is 6. The molecule has 20 heavy (non-hydrogen) atoms. The van der Waals surface area contributed by atoms with Crippen LogP contribution >= 0.6 is 15.9 Å². The van der Waals surface area contributed by atoms with Gasteiger partial charge in [0.25, 0.3) is 0 Å². The quantitative estimate of drug-likeness (QED) is 0.539. The number of aliphatic hydroxyl groups excluding tert-OH is 1. The Bertz CT molecular complexity index is 482. The van der Waals surface area contributed by atoms with Crippen molar-refractivity contribution in [1.82, 2.24) is 10.3 Å². The van der Waals surface area contributed by atoms with E-state index in [1.165, 1.54) is 0 Å². The predicted octanol–water partition coefficient (Wildman–Crippen LogP) is 1.81. The van der Waals surface area contributed by atoms with Gasteiger partial charge in [-0.25, -0.2) is 4.98 Å². The Morgan fingerprint density at radius 3 is 2.75 bits per heavy atom. The lowest BCUT2D eigenvalue weighted by Gasteiger charge is -2.24. The van der Waals surface area contributed by atoms with Crippen LogP contribution < -0.4 is 10.6 Å². The Morgan fingerprint density at radius 2 is 2.20 bits per heavy atom. The van der Waals surface area contributed by atoms with Gasteiger partial charge in [-0.2, -0.15) is 5.26 Å². The number of nitrogens with zero attached hydrogens (tertiary/aromatic N) is 2. The Kier molecular flexibility index (Phi) is 6.36. The summed E-state index contributed by atoms with van der Waals surface area (Å²) in [5.74, 6) is 0. The third-order valence-electron chi connectivity index (χ3n) is 2.19. The van der Waals surface area contributed by atoms with Crippen LogP contribution in [0.3, 0.4) is 0 Å². The molecule has 0 bridgehead atoms. The number of aliphatic hydroxyl groups is 1. The van der Waals surface area contributed by atoms with Crippen molar-refractivity contribution in [3.63, 3.8) is 0 Å². The fraction of sp³-hybridized carbons (Fsp3) is 0.538. The Morgan fingerprint density at radius 1 is 1.50 bits per heavy atom. The molecule has 0 amide bonds. The number of ether oxygens (including phenoxy) is 1. The molecular weight excluding hydrogens is 324 g/mol. The Hall–Kier alpha value is -1.20. The van der Waals surface area contributed by atoms with Crippen LogP contribution in [0.1, 0.15) is 26.5 Å². The molecule has 1 aromatic heterocycles. The molecule has 110 valence electrons. The van der Waals surface area contributed by atoms with E-state index in [0.717, 1.165) is 5.69 Å². The fourth-order valence-corrected chi connectivity index (χ4v) is 1.83. The number of aromatic nitrogens is 1. The summed E-state index contributed by atoms with van der Waals surface area (Å²) in [6, 6.07) is 3.76. The molecule has 1 unspecified atom stereocenters. The van der Waals surface area contributed by atoms with Crippen molar-refractivity contribution < 1.29 is 9.84 Å². The number of hydrogen-bond donors (Lipinski definition) is 3. The monoisotopic (exact) mass is 342 g/mol. The van der Waals surface area contributed by atoms with Gasteiger partial charge in [0.2, 0.25) is 6.41 Å². The maximum absolute atomic E-state index is 9.58. The highest BCUT2D eigenvalue weighted by Gasteiger charge is 2.15. The predicted molar refractivity (Wildman–Crippen MR) is 80.0 cm³/mol. The fourth-order valence-electron chi connectivity index (χ4n) is 1.40. The molecule has 0 spiro atoms. The lowest BCUT2D eigenvalue weighted by Crippen LogP contribution is -2.40. The summed E-state index contributed by atoms with van der Waals surface area (Å²) in [6.07, 6.45) is 0.591. The van der Waals surface area contributed by atoms with Crippen molar-refractivity contribution >= 4 is 21.6 Å². The number of hydrogen-bond acceptors (Lipinski definition) is 6. The van der Waals surface area contributed by atoms with Crippen LogP contribution in [-0.4, -0.2) is 35.2 Å². The average molecular weight is 343 g/mol. The molecular formula is C13H19BrN4O2. The molecule has 0 radical (unpaired) electrons. The van der Waals surface area contributed by atoms with Crippen LogP contribution in [0.2, 0.25) is 0 Å². The first-order valence-electron chi connectivity index (χ1n) is 6.20. The minimum atomic E-state index is -0.998. The maximum Gasteiger partial charge on any atom is 0.214 e. The van der Waals surface area contributed by atoms with Gasteiger partial charge < -0.3 is 15.2 Å². The summed E-state index contributed by atoms with van der Waals surface area (Å²) in [6.45, 7) is 6.72. The van der Waals surface area contributed by atoms with Crippen LogP contribution in [0.15, 0.2) is 16.7 Å². The molecule has 0 saturated carbocycles. The molecule has 3 N–H and O–H groups in total. The molecule has 0 aromatic carbocycles. The van der Waals surface area contributed by atoms with Crippen LogP contribution in [-0.2, 0) is 4.74 Å². The summed E-state index contributed by atoms with van der Waals surface area (Å²) >= 11 is 3.27. The third-order valence-corrected chi connectivity index (χ3v) is 2.79. The van der Waals surface area contributed by atoms with Gasteiger partial charge in [0.15, 0.2) is 5.69 Å². The number of nitriles is 1. The summed E-state index contributed by atoms with van der Waals surface area (Å²) < 4.78 is 5.95. The number of halogens is 1. The Balaban J connectivity index is 2.31. The van der Waals surface area contributed by atoms with Crippen molar-refractivity contribution in [1.29, 1.82) is 5.26 Å². The van der Waals surface area contributed by atoms with Gasteiger partial charge in [0.1, 0.15) is 6.07 Å². The number of nitrogens with one attached hydrogen (secondary N) is 2. The Labute approximate surface area is 127 Å². The largest absolute Gasteiger partial charge is 0.382 e. The van der Waals surface area contributed by atoms with Crippen LogP contribution in [0.25, 0.3) is 0 Å². The van der Waals surface area contributed by atoms with Crippen molar-refractivity contribution in [3.8, 4) is 6.07 Å². The molecule has 7 heteroatoms. The van der Waals surface area contributed by atoms with E-state index < -0.39 is 12.0 Å². The molecule has 0 saturated heterocycles. The van der Waals surface area contributed by atoms with E-state index in [0.29, 0.717) is 23.3 Å². The molecule has 1 atom stereocenters. The summed E-state index contributed by atoms with van der Waals surface area (Å²) in [5.41, 5.74) is 0.744. The average Bonchev–Trinajstić information content (AvgIpc) is 2.33. The van der Waals surface area contributed by atoms with E-state index in [4.69, 9.17) is 10.00 Å². The standard InChI is InChI=1S/C13H19BrN4O2/c1-13(2,3)20-12(19)17-5-4-16-9-6-10(14)11(7-15)18-8-9/h6,8,12,16-17,19H,4-5H2,1-3H3. The minimum Gasteiger partial charge on any atom is -0.382 e. The zero-order valence-electron chi connectivity index (χ0n) is 11.8. The normalized spacial score (nSPS) is 12.8. The van der Waals surface area contributed by atoms with Crippen LogP contribution in [0.4, 0.5) is 5.69 Å². The molecule has 1 heterocycles. The van der Waals surface area contributed by atoms with Crippen LogP contribution in [0.5, 0.6) is 0 Å². The van der Waals surface area contributed by atoms with Gasteiger partial charge in [-0.1, -0.05) is 0 Å². The van der Waals surface area contributed by atoms with E-state index in [1.54, 1.807) is 12.3 Å². The van der Waals surface area contributed by atoms with E-state index in [2.05, 4.69) is 31.5 Å². The lowest BCUT2D eigenvalue weighted by atomic mass is 10.2. The first kappa shape index (κ1) is 16.9. The van der Waals surface area contributed by atoms with Gasteiger partial charge >= 0.3 is 0 Å². The van der Waals surface area contributed by atoms with Crippen molar-refractivity contribution in [2.24, 2.45) is 0 Å². The van der Waals surface area contributed by atoms with Gasteiger partial charge in [0, 0.05) is 13.1 Å². The van der Waals surface area contributed by atoms with Gasteiger partial charge in [0.05, 0.1) is 22.0 Å². The van der Waals surface area contributed by atoms with Crippen molar-refractivity contribution in [2.45, 2.75) is 32.8 Å². The van der Waals surface area contributed by atoms with Gasteiger partial charge in [-0.3, -0.25) is 5.32 Å². The second-order valence-electron chi connectivity index (χ2n) is 5.13.